The van der Waals surface area contributed by atoms with E-state index in [1.807, 2.05) is 24.3 Å². The monoisotopic (exact) mass is 412 g/mol. The van der Waals surface area contributed by atoms with Crippen molar-refractivity contribution in [3.63, 3.8) is 0 Å². The molecule has 0 saturated carbocycles. The predicted molar refractivity (Wildman–Crippen MR) is 115 cm³/mol. The highest BCUT2D eigenvalue weighted by atomic mass is 35.5. The zero-order valence-corrected chi connectivity index (χ0v) is 16.8. The molecule has 2 heterocycles. The number of hydrogen-bond acceptors (Lipinski definition) is 2. The molecule has 0 aromatic heterocycles. The quantitative estimate of drug-likeness (QED) is 0.528. The van der Waals surface area contributed by atoms with Crippen LogP contribution in [0.3, 0.4) is 0 Å². The highest BCUT2D eigenvalue weighted by Crippen LogP contribution is 2.48. The Hall–Kier alpha value is -2.43. The van der Waals surface area contributed by atoms with Crippen molar-refractivity contribution >= 4 is 23.8 Å². The summed E-state index contributed by atoms with van der Waals surface area (Å²) in [6, 6.07) is 22.5. The van der Waals surface area contributed by atoms with Gasteiger partial charge in [-0.15, -0.1) is 12.4 Å². The van der Waals surface area contributed by atoms with Crippen LogP contribution in [-0.4, -0.2) is 24.0 Å². The minimum absolute atomic E-state index is 0. The summed E-state index contributed by atoms with van der Waals surface area (Å²) in [5.41, 5.74) is 4.38. The molecule has 1 fully saturated rings. The van der Waals surface area contributed by atoms with Crippen molar-refractivity contribution in [2.45, 2.75) is 24.9 Å². The number of nitrogens with zero attached hydrogens (tertiary/aromatic N) is 2. The minimum Gasteiger partial charge on any atom is -0.337 e. The van der Waals surface area contributed by atoms with Gasteiger partial charge in [0.25, 0.3) is 0 Å². The Morgan fingerprint density at radius 2 is 1.59 bits per heavy atom. The van der Waals surface area contributed by atoms with Crippen molar-refractivity contribution in [1.29, 1.82) is 0 Å². The second-order valence-corrected chi connectivity index (χ2v) is 7.73. The second kappa shape index (κ2) is 8.13. The first kappa shape index (κ1) is 19.9. The molecule has 5 rings (SSSR count). The van der Waals surface area contributed by atoms with Crippen LogP contribution in [0.1, 0.15) is 23.5 Å². The largest absolute Gasteiger partial charge is 0.337 e. The fourth-order valence-corrected chi connectivity index (χ4v) is 4.76. The van der Waals surface area contributed by atoms with Crippen LogP contribution in [0.15, 0.2) is 72.8 Å². The van der Waals surface area contributed by atoms with Gasteiger partial charge in [-0.1, -0.05) is 30.3 Å². The molecule has 0 unspecified atom stereocenters. The molecule has 0 amide bonds. The lowest BCUT2D eigenvalue weighted by Gasteiger charge is -2.39. The summed E-state index contributed by atoms with van der Waals surface area (Å²) in [5.74, 6) is -0.191. The maximum Gasteiger partial charge on any atom is 0.123 e. The highest BCUT2D eigenvalue weighted by molar-refractivity contribution is 5.85. The van der Waals surface area contributed by atoms with Gasteiger partial charge in [-0.25, -0.2) is 8.78 Å². The van der Waals surface area contributed by atoms with Gasteiger partial charge in [-0.05, 0) is 60.0 Å². The van der Waals surface area contributed by atoms with E-state index < -0.39 is 0 Å². The number of anilines is 2. The number of rotatable bonds is 3. The molecule has 5 heteroatoms. The normalized spacial score (nSPS) is 20.7. The summed E-state index contributed by atoms with van der Waals surface area (Å²) in [6.45, 7) is 2.79. The summed E-state index contributed by atoms with van der Waals surface area (Å²) in [7, 11) is 0. The summed E-state index contributed by atoms with van der Waals surface area (Å²) in [6.07, 6.45) is 0.991. The van der Waals surface area contributed by atoms with Gasteiger partial charge in [-0.3, -0.25) is 4.90 Å². The van der Waals surface area contributed by atoms with Crippen molar-refractivity contribution in [3.05, 3.63) is 95.6 Å². The van der Waals surface area contributed by atoms with E-state index in [2.05, 4.69) is 34.1 Å². The molecule has 0 bridgehead atoms. The third-order valence-corrected chi connectivity index (χ3v) is 5.99. The van der Waals surface area contributed by atoms with E-state index in [1.54, 1.807) is 6.07 Å². The summed E-state index contributed by atoms with van der Waals surface area (Å²) < 4.78 is 27.5. The van der Waals surface area contributed by atoms with E-state index in [0.29, 0.717) is 0 Å². The molecule has 2 aliphatic rings. The van der Waals surface area contributed by atoms with E-state index in [-0.39, 0.29) is 36.0 Å². The van der Waals surface area contributed by atoms with Crippen LogP contribution in [0.5, 0.6) is 0 Å². The average Bonchev–Trinajstić information content (AvgIpc) is 3.02. The third kappa shape index (κ3) is 3.75. The molecule has 150 valence electrons. The average molecular weight is 413 g/mol. The Morgan fingerprint density at radius 1 is 0.862 bits per heavy atom. The first-order valence-corrected chi connectivity index (χ1v) is 9.79. The molecule has 1 saturated heterocycles. The molecule has 0 N–H and O–H groups in total. The molecule has 3 aromatic rings. The second-order valence-electron chi connectivity index (χ2n) is 7.73. The molecule has 0 aliphatic carbocycles. The molecule has 3 aromatic carbocycles. The standard InChI is InChI=1S/C24H22F2N2.ClH/c25-18-6-9-20(10-7-18)28-23-11-8-19(26)14-21(23)22-16-27(13-12-24(22)28)15-17-4-2-1-3-5-17;/h1-11,14,22,24H,12-13,15-16H2;1H/t22-,24+;/m0./s1. The van der Waals surface area contributed by atoms with Crippen LogP contribution >= 0.6 is 12.4 Å². The van der Waals surface area contributed by atoms with E-state index in [0.717, 1.165) is 43.0 Å². The van der Waals surface area contributed by atoms with Crippen LogP contribution in [0.4, 0.5) is 20.2 Å². The number of halogens is 3. The zero-order valence-electron chi connectivity index (χ0n) is 16.0. The summed E-state index contributed by atoms with van der Waals surface area (Å²) in [5, 5.41) is 0. The Bertz CT molecular complexity index is 978. The lowest BCUT2D eigenvalue weighted by molar-refractivity contribution is 0.189. The van der Waals surface area contributed by atoms with Crippen LogP contribution < -0.4 is 4.90 Å². The molecule has 0 radical (unpaired) electrons. The first-order chi connectivity index (χ1) is 13.7. The summed E-state index contributed by atoms with van der Waals surface area (Å²) >= 11 is 0. The van der Waals surface area contributed by atoms with Crippen molar-refractivity contribution in [1.82, 2.24) is 4.90 Å². The number of fused-ring (bicyclic) bond motifs is 3. The fraction of sp³-hybridized carbons (Fsp3) is 0.250. The van der Waals surface area contributed by atoms with Gasteiger partial charge in [0.1, 0.15) is 11.6 Å². The van der Waals surface area contributed by atoms with E-state index in [1.165, 1.54) is 23.8 Å². The van der Waals surface area contributed by atoms with Crippen molar-refractivity contribution in [2.24, 2.45) is 0 Å². The van der Waals surface area contributed by atoms with Crippen LogP contribution in [-0.2, 0) is 6.54 Å². The Morgan fingerprint density at radius 3 is 2.34 bits per heavy atom. The van der Waals surface area contributed by atoms with Gasteiger partial charge in [0.15, 0.2) is 0 Å². The Balaban J connectivity index is 0.00000205. The topological polar surface area (TPSA) is 6.48 Å². The van der Waals surface area contributed by atoms with Crippen LogP contribution in [0.25, 0.3) is 0 Å². The van der Waals surface area contributed by atoms with Gasteiger partial charge in [0.2, 0.25) is 0 Å². The molecular weight excluding hydrogens is 390 g/mol. The summed E-state index contributed by atoms with van der Waals surface area (Å²) in [4.78, 5) is 4.73. The van der Waals surface area contributed by atoms with E-state index in [4.69, 9.17) is 0 Å². The molecule has 2 atom stereocenters. The lowest BCUT2D eigenvalue weighted by Crippen LogP contribution is -2.44. The molecule has 2 aliphatic heterocycles. The molecular formula is C24H23ClF2N2. The lowest BCUT2D eigenvalue weighted by atomic mass is 9.88. The highest BCUT2D eigenvalue weighted by Gasteiger charge is 2.42. The fourth-order valence-electron chi connectivity index (χ4n) is 4.76. The van der Waals surface area contributed by atoms with Gasteiger partial charge in [-0.2, -0.15) is 0 Å². The maximum atomic E-state index is 14.1. The SMILES string of the molecule is Cl.Fc1ccc(N2c3ccc(F)cc3[C@@H]3CN(Cc4ccccc4)CC[C@H]32)cc1. The van der Waals surface area contributed by atoms with Crippen molar-refractivity contribution < 1.29 is 8.78 Å². The predicted octanol–water partition coefficient (Wildman–Crippen LogP) is 5.90. The number of piperidine rings is 1. The van der Waals surface area contributed by atoms with Gasteiger partial charge in [0.05, 0.1) is 0 Å². The van der Waals surface area contributed by atoms with Gasteiger partial charge in [0, 0.05) is 43.0 Å². The van der Waals surface area contributed by atoms with Crippen LogP contribution in [0, 0.1) is 11.6 Å². The number of likely N-dealkylation sites (tertiary alicyclic amines) is 1. The molecule has 29 heavy (non-hydrogen) atoms. The van der Waals surface area contributed by atoms with E-state index >= 15 is 0 Å². The molecule has 0 spiro atoms. The maximum absolute atomic E-state index is 14.1. The first-order valence-electron chi connectivity index (χ1n) is 9.79. The third-order valence-electron chi connectivity index (χ3n) is 5.99. The van der Waals surface area contributed by atoms with Crippen molar-refractivity contribution in [3.8, 4) is 0 Å². The van der Waals surface area contributed by atoms with Crippen molar-refractivity contribution in [2.75, 3.05) is 18.0 Å². The number of hydrogen-bond donors (Lipinski definition) is 0. The molecule has 2 nitrogen and oxygen atoms in total. The number of benzene rings is 3. The van der Waals surface area contributed by atoms with Gasteiger partial charge >= 0.3 is 0 Å². The Kier molecular flexibility index (Phi) is 5.57. The minimum atomic E-state index is -0.239. The zero-order chi connectivity index (χ0) is 19.1. The van der Waals surface area contributed by atoms with Gasteiger partial charge < -0.3 is 4.90 Å². The smallest absolute Gasteiger partial charge is 0.123 e. The van der Waals surface area contributed by atoms with E-state index in [9.17, 15) is 8.78 Å². The Labute approximate surface area is 176 Å². The van der Waals surface area contributed by atoms with Crippen LogP contribution in [0.2, 0.25) is 0 Å².